The largest absolute Gasteiger partial charge is 0.492 e. The van der Waals surface area contributed by atoms with Crippen molar-refractivity contribution in [1.82, 2.24) is 10.2 Å². The zero-order valence-electron chi connectivity index (χ0n) is 17.3. The lowest BCUT2D eigenvalue weighted by molar-refractivity contribution is -0.153. The fourth-order valence-corrected chi connectivity index (χ4v) is 4.36. The van der Waals surface area contributed by atoms with Crippen LogP contribution in [0.15, 0.2) is 22.7 Å². The van der Waals surface area contributed by atoms with E-state index in [4.69, 9.17) is 9.47 Å². The van der Waals surface area contributed by atoms with Gasteiger partial charge in [0.1, 0.15) is 17.9 Å². The van der Waals surface area contributed by atoms with Gasteiger partial charge in [-0.3, -0.25) is 14.4 Å². The van der Waals surface area contributed by atoms with Crippen molar-refractivity contribution in [2.75, 3.05) is 19.7 Å². The molecule has 2 aliphatic rings. The molecule has 30 heavy (non-hydrogen) atoms. The molecule has 1 heterocycles. The van der Waals surface area contributed by atoms with E-state index in [1.165, 1.54) is 11.3 Å². The van der Waals surface area contributed by atoms with Crippen LogP contribution in [-0.4, -0.2) is 54.5 Å². The lowest BCUT2D eigenvalue weighted by Gasteiger charge is -2.35. The number of hydrogen-bond donors (Lipinski definition) is 1. The minimum absolute atomic E-state index is 0.0753. The van der Waals surface area contributed by atoms with Gasteiger partial charge in [-0.1, -0.05) is 13.3 Å². The number of nitrogens with one attached hydrogen (secondary N) is 1. The number of esters is 1. The molecule has 164 valence electrons. The van der Waals surface area contributed by atoms with Crippen LogP contribution in [0.5, 0.6) is 5.75 Å². The zero-order valence-corrected chi connectivity index (χ0v) is 18.9. The summed E-state index contributed by atoms with van der Waals surface area (Å²) >= 11 is 3.44. The Balaban J connectivity index is 1.68. The average Bonchev–Trinajstić information content (AvgIpc) is 2.74. The van der Waals surface area contributed by atoms with Crippen LogP contribution in [0.3, 0.4) is 0 Å². The van der Waals surface area contributed by atoms with Gasteiger partial charge >= 0.3 is 5.97 Å². The summed E-state index contributed by atoms with van der Waals surface area (Å²) in [5.41, 5.74) is 0.436. The molecule has 0 spiro atoms. The molecule has 3 rings (SSSR count). The summed E-state index contributed by atoms with van der Waals surface area (Å²) in [7, 11) is 0. The van der Waals surface area contributed by atoms with Crippen molar-refractivity contribution in [3.63, 3.8) is 0 Å². The van der Waals surface area contributed by atoms with Gasteiger partial charge in [-0.05, 0) is 66.2 Å². The average molecular weight is 481 g/mol. The molecule has 0 radical (unpaired) electrons. The Morgan fingerprint density at radius 2 is 2.00 bits per heavy atom. The van der Waals surface area contributed by atoms with Crippen molar-refractivity contribution in [2.24, 2.45) is 0 Å². The van der Waals surface area contributed by atoms with E-state index in [1.54, 1.807) is 18.2 Å². The summed E-state index contributed by atoms with van der Waals surface area (Å²) in [5.74, 6) is -0.371. The minimum Gasteiger partial charge on any atom is -0.492 e. The van der Waals surface area contributed by atoms with Gasteiger partial charge < -0.3 is 19.7 Å². The summed E-state index contributed by atoms with van der Waals surface area (Å²) in [6, 6.07) is 4.25. The number of halogens is 1. The summed E-state index contributed by atoms with van der Waals surface area (Å²) < 4.78 is 11.9. The molecule has 2 fully saturated rings. The monoisotopic (exact) mass is 480 g/mol. The Labute approximate surface area is 185 Å². The van der Waals surface area contributed by atoms with Crippen molar-refractivity contribution in [3.8, 4) is 5.75 Å². The summed E-state index contributed by atoms with van der Waals surface area (Å²) in [5, 5.41) is 2.75. The first-order chi connectivity index (χ1) is 14.5. The van der Waals surface area contributed by atoms with Gasteiger partial charge in [-0.15, -0.1) is 0 Å². The van der Waals surface area contributed by atoms with Crippen molar-refractivity contribution >= 4 is 33.7 Å². The predicted octanol–water partition coefficient (Wildman–Crippen LogP) is 3.44. The van der Waals surface area contributed by atoms with Crippen LogP contribution in [0, 0.1) is 0 Å². The molecule has 1 saturated carbocycles. The number of rotatable bonds is 7. The predicted molar refractivity (Wildman–Crippen MR) is 115 cm³/mol. The number of amides is 2. The fraction of sp³-hybridized carbons (Fsp3) is 0.591. The molecule has 1 unspecified atom stereocenters. The van der Waals surface area contributed by atoms with Gasteiger partial charge in [0, 0.05) is 18.7 Å². The van der Waals surface area contributed by atoms with Gasteiger partial charge in [-0.2, -0.15) is 0 Å². The SMILES string of the molecule is CCCOc1ccc(C(=O)N2CCNC(=O)C2CC(=O)OC2CCCCC2)cc1Br. The van der Waals surface area contributed by atoms with Gasteiger partial charge in [0.2, 0.25) is 5.91 Å². The Hall–Kier alpha value is -2.09. The maximum atomic E-state index is 13.1. The molecule has 7 nitrogen and oxygen atoms in total. The first-order valence-electron chi connectivity index (χ1n) is 10.7. The molecule has 0 bridgehead atoms. The number of ether oxygens (including phenoxy) is 2. The molecule has 1 N–H and O–H groups in total. The van der Waals surface area contributed by atoms with Crippen LogP contribution in [0.4, 0.5) is 0 Å². The maximum absolute atomic E-state index is 13.1. The quantitative estimate of drug-likeness (QED) is 0.604. The number of hydrogen-bond acceptors (Lipinski definition) is 5. The maximum Gasteiger partial charge on any atom is 0.308 e. The van der Waals surface area contributed by atoms with Gasteiger partial charge in [0.25, 0.3) is 5.91 Å². The van der Waals surface area contributed by atoms with Crippen LogP contribution in [-0.2, 0) is 14.3 Å². The molecule has 1 aliphatic carbocycles. The van der Waals surface area contributed by atoms with E-state index >= 15 is 0 Å². The van der Waals surface area contributed by atoms with Crippen LogP contribution >= 0.6 is 15.9 Å². The van der Waals surface area contributed by atoms with Crippen LogP contribution in [0.25, 0.3) is 0 Å². The third-order valence-electron chi connectivity index (χ3n) is 5.44. The third kappa shape index (κ3) is 5.74. The molecule has 1 aliphatic heterocycles. The van der Waals surface area contributed by atoms with Crippen molar-refractivity contribution in [1.29, 1.82) is 0 Å². The fourth-order valence-electron chi connectivity index (χ4n) is 3.86. The van der Waals surface area contributed by atoms with E-state index in [1.807, 2.05) is 6.92 Å². The van der Waals surface area contributed by atoms with Crippen LogP contribution in [0.1, 0.15) is 62.2 Å². The standard InChI is InChI=1S/C22H29BrN2O5/c1-2-12-29-19-9-8-15(13-17(19)23)22(28)25-11-10-24-21(27)18(25)14-20(26)30-16-6-4-3-5-7-16/h8-9,13,16,18H,2-7,10-12,14H2,1H3,(H,24,27). The van der Waals surface area contributed by atoms with E-state index in [-0.39, 0.29) is 24.3 Å². The molecular formula is C22H29BrN2O5. The second-order valence-corrected chi connectivity index (χ2v) is 8.61. The summed E-state index contributed by atoms with van der Waals surface area (Å²) in [6.45, 7) is 3.31. The number of benzene rings is 1. The highest BCUT2D eigenvalue weighted by Gasteiger charge is 2.36. The second kappa shape index (κ2) is 10.8. The van der Waals surface area contributed by atoms with Crippen molar-refractivity contribution in [3.05, 3.63) is 28.2 Å². The van der Waals surface area contributed by atoms with E-state index in [0.717, 1.165) is 32.1 Å². The summed E-state index contributed by atoms with van der Waals surface area (Å²) in [6.07, 6.45) is 5.69. The first-order valence-corrected chi connectivity index (χ1v) is 11.5. The van der Waals surface area contributed by atoms with Crippen molar-refractivity contribution in [2.45, 2.75) is 64.0 Å². The highest BCUT2D eigenvalue weighted by Crippen LogP contribution is 2.28. The van der Waals surface area contributed by atoms with E-state index in [2.05, 4.69) is 21.2 Å². The van der Waals surface area contributed by atoms with Gasteiger partial charge in [0.15, 0.2) is 0 Å². The van der Waals surface area contributed by atoms with Crippen LogP contribution in [0.2, 0.25) is 0 Å². The highest BCUT2D eigenvalue weighted by molar-refractivity contribution is 9.10. The first kappa shape index (κ1) is 22.6. The van der Waals surface area contributed by atoms with Crippen LogP contribution < -0.4 is 10.1 Å². The Kier molecular flexibility index (Phi) is 8.13. The number of nitrogens with zero attached hydrogens (tertiary/aromatic N) is 1. The molecule has 1 aromatic carbocycles. The zero-order chi connectivity index (χ0) is 21.5. The molecule has 0 aromatic heterocycles. The Morgan fingerprint density at radius 1 is 1.23 bits per heavy atom. The molecule has 1 aromatic rings. The third-order valence-corrected chi connectivity index (χ3v) is 6.06. The lowest BCUT2D eigenvalue weighted by atomic mass is 9.98. The molecule has 1 saturated heterocycles. The second-order valence-electron chi connectivity index (χ2n) is 7.75. The topological polar surface area (TPSA) is 84.9 Å². The van der Waals surface area contributed by atoms with Gasteiger partial charge in [0.05, 0.1) is 17.5 Å². The Morgan fingerprint density at radius 3 is 2.70 bits per heavy atom. The number of carbonyl (C=O) groups excluding carboxylic acids is 3. The van der Waals surface area contributed by atoms with Crippen molar-refractivity contribution < 1.29 is 23.9 Å². The minimum atomic E-state index is -0.864. The van der Waals surface area contributed by atoms with E-state index in [0.29, 0.717) is 35.5 Å². The summed E-state index contributed by atoms with van der Waals surface area (Å²) in [4.78, 5) is 39.5. The highest BCUT2D eigenvalue weighted by atomic mass is 79.9. The normalized spacial score (nSPS) is 19.9. The number of carbonyl (C=O) groups is 3. The van der Waals surface area contributed by atoms with Gasteiger partial charge in [-0.25, -0.2) is 0 Å². The van der Waals surface area contributed by atoms with E-state index < -0.39 is 12.0 Å². The number of piperazine rings is 1. The lowest BCUT2D eigenvalue weighted by Crippen LogP contribution is -2.58. The molecular weight excluding hydrogens is 452 g/mol. The molecule has 8 heteroatoms. The smallest absolute Gasteiger partial charge is 0.308 e. The Bertz CT molecular complexity index is 779. The molecule has 1 atom stereocenters. The molecule has 2 amide bonds. The van der Waals surface area contributed by atoms with E-state index in [9.17, 15) is 14.4 Å².